The van der Waals surface area contributed by atoms with Crippen LogP contribution in [0.1, 0.15) is 28.5 Å². The van der Waals surface area contributed by atoms with Gasteiger partial charge < -0.3 is 4.74 Å². The van der Waals surface area contributed by atoms with Crippen LogP contribution in [-0.4, -0.2) is 65.0 Å². The van der Waals surface area contributed by atoms with Gasteiger partial charge >= 0.3 is 0 Å². The Morgan fingerprint density at radius 3 is 2.67 bits per heavy atom. The molecule has 9 heteroatoms. The lowest BCUT2D eigenvalue weighted by Crippen LogP contribution is -2.43. The first-order chi connectivity index (χ1) is 14.0. The summed E-state index contributed by atoms with van der Waals surface area (Å²) in [6.45, 7) is 11.6. The molecule has 162 valence electrons. The number of hydrogen-bond acceptors (Lipinski definition) is 6. The molecule has 0 bridgehead atoms. The third kappa shape index (κ3) is 4.83. The molecule has 3 aromatic rings. The van der Waals surface area contributed by atoms with E-state index in [0.717, 1.165) is 54.7 Å². The van der Waals surface area contributed by atoms with Crippen LogP contribution in [0.25, 0.3) is 10.2 Å². The number of nitrogens with zero attached hydrogens (tertiary/aromatic N) is 5. The molecule has 0 unspecified atom stereocenters. The van der Waals surface area contributed by atoms with E-state index in [4.69, 9.17) is 9.72 Å². The van der Waals surface area contributed by atoms with Crippen LogP contribution in [0, 0.1) is 13.8 Å². The topological polar surface area (TPSA) is 63.5 Å². The Balaban J connectivity index is 0.00000256. The summed E-state index contributed by atoms with van der Waals surface area (Å²) < 4.78 is 8.32. The van der Waals surface area contributed by atoms with Gasteiger partial charge in [0.2, 0.25) is 0 Å². The highest BCUT2D eigenvalue weighted by atomic mass is 35.5. The first kappa shape index (κ1) is 22.7. The average molecular weight is 450 g/mol. The summed E-state index contributed by atoms with van der Waals surface area (Å²) in [7, 11) is 0. The number of thiazole rings is 1. The van der Waals surface area contributed by atoms with Crippen LogP contribution in [0.3, 0.4) is 0 Å². The van der Waals surface area contributed by atoms with Gasteiger partial charge in [-0.1, -0.05) is 11.3 Å². The van der Waals surface area contributed by atoms with Gasteiger partial charge in [-0.25, -0.2) is 4.98 Å². The second-order valence-electron chi connectivity index (χ2n) is 7.37. The molecule has 4 rings (SSSR count). The molecule has 1 saturated heterocycles. The number of anilines is 1. The Hall–Kier alpha value is -2.00. The van der Waals surface area contributed by atoms with Crippen molar-refractivity contribution in [2.45, 2.75) is 27.3 Å². The van der Waals surface area contributed by atoms with Crippen LogP contribution in [0.2, 0.25) is 0 Å². The number of fused-ring (bicyclic) bond motifs is 1. The zero-order valence-corrected chi connectivity index (χ0v) is 19.3. The molecule has 1 fully saturated rings. The molecule has 0 spiro atoms. The fraction of sp³-hybridized carbons (Fsp3) is 0.476. The smallest absolute Gasteiger partial charge is 0.280 e. The molecule has 1 aliphatic rings. The first-order valence-corrected chi connectivity index (χ1v) is 10.9. The monoisotopic (exact) mass is 449 g/mol. The number of halogens is 1. The van der Waals surface area contributed by atoms with Crippen molar-refractivity contribution < 1.29 is 9.53 Å². The highest BCUT2D eigenvalue weighted by Gasteiger charge is 2.24. The summed E-state index contributed by atoms with van der Waals surface area (Å²) in [5.41, 5.74) is 3.85. The second-order valence-corrected chi connectivity index (χ2v) is 8.38. The van der Waals surface area contributed by atoms with Crippen molar-refractivity contribution in [3.05, 3.63) is 41.2 Å². The van der Waals surface area contributed by atoms with Crippen LogP contribution >= 0.6 is 23.7 Å². The van der Waals surface area contributed by atoms with E-state index < -0.39 is 0 Å². The Labute approximate surface area is 187 Å². The average Bonchev–Trinajstić information content (AvgIpc) is 3.36. The predicted molar refractivity (Wildman–Crippen MR) is 123 cm³/mol. The normalized spacial score (nSPS) is 14.6. The minimum atomic E-state index is -0.0991. The molecule has 3 heterocycles. The number of aryl methyl sites for hydroxylation is 3. The Kier molecular flexibility index (Phi) is 7.46. The van der Waals surface area contributed by atoms with Crippen LogP contribution in [-0.2, 0) is 11.3 Å². The van der Waals surface area contributed by atoms with E-state index in [1.165, 1.54) is 11.1 Å². The quantitative estimate of drug-likeness (QED) is 0.576. The molecule has 2 aromatic heterocycles. The van der Waals surface area contributed by atoms with E-state index >= 15 is 0 Å². The largest absolute Gasteiger partial charge is 0.379 e. The maximum Gasteiger partial charge on any atom is 0.280 e. The van der Waals surface area contributed by atoms with Gasteiger partial charge in [-0.2, -0.15) is 5.10 Å². The lowest BCUT2D eigenvalue weighted by molar-refractivity contribution is 0.0391. The molecule has 1 aromatic carbocycles. The zero-order valence-electron chi connectivity index (χ0n) is 17.6. The molecule has 30 heavy (non-hydrogen) atoms. The third-order valence-corrected chi connectivity index (χ3v) is 6.44. The van der Waals surface area contributed by atoms with Gasteiger partial charge in [0.25, 0.3) is 5.91 Å². The maximum atomic E-state index is 13.3. The van der Waals surface area contributed by atoms with E-state index in [0.29, 0.717) is 12.2 Å². The van der Waals surface area contributed by atoms with Crippen molar-refractivity contribution in [3.63, 3.8) is 0 Å². The number of carbonyl (C=O) groups is 1. The summed E-state index contributed by atoms with van der Waals surface area (Å²) in [5.74, 6) is -0.0991. The number of amides is 1. The van der Waals surface area contributed by atoms with E-state index in [1.807, 2.05) is 13.1 Å². The van der Waals surface area contributed by atoms with E-state index in [9.17, 15) is 4.79 Å². The number of benzene rings is 1. The Bertz CT molecular complexity index is 973. The number of morpholine rings is 1. The van der Waals surface area contributed by atoms with Crippen molar-refractivity contribution >= 4 is 45.0 Å². The zero-order chi connectivity index (χ0) is 20.4. The van der Waals surface area contributed by atoms with Gasteiger partial charge in [-0.3, -0.25) is 19.3 Å². The summed E-state index contributed by atoms with van der Waals surface area (Å²) in [5, 5.41) is 5.15. The predicted octanol–water partition coefficient (Wildman–Crippen LogP) is 3.53. The molecule has 1 aliphatic heterocycles. The summed E-state index contributed by atoms with van der Waals surface area (Å²) in [6.07, 6.45) is 1.85. The van der Waals surface area contributed by atoms with E-state index in [1.54, 1.807) is 27.0 Å². The van der Waals surface area contributed by atoms with Crippen molar-refractivity contribution in [1.82, 2.24) is 19.7 Å². The fourth-order valence-electron chi connectivity index (χ4n) is 3.42. The summed E-state index contributed by atoms with van der Waals surface area (Å²) in [6, 6.07) is 6.04. The van der Waals surface area contributed by atoms with E-state index in [-0.39, 0.29) is 18.3 Å². The molecule has 0 aliphatic carbocycles. The van der Waals surface area contributed by atoms with Gasteiger partial charge in [-0.05, 0) is 50.1 Å². The van der Waals surface area contributed by atoms with Crippen LogP contribution in [0.5, 0.6) is 0 Å². The molecular weight excluding hydrogens is 422 g/mol. The highest BCUT2D eigenvalue weighted by molar-refractivity contribution is 7.22. The standard InChI is InChI=1S/C21H27N5O2S.ClH/c1-4-25-6-5-17(23-25)20(27)26(8-7-24-9-11-28-12-10-24)21-22-18-13-15(2)16(3)14-19(18)29-21;/h5-6,13-14H,4,7-12H2,1-3H3;1H. The third-order valence-electron chi connectivity index (χ3n) is 5.40. The first-order valence-electron chi connectivity index (χ1n) is 10.1. The summed E-state index contributed by atoms with van der Waals surface area (Å²) >= 11 is 1.57. The number of carbonyl (C=O) groups excluding carboxylic acids is 1. The van der Waals surface area contributed by atoms with Crippen molar-refractivity contribution in [2.75, 3.05) is 44.3 Å². The molecule has 7 nitrogen and oxygen atoms in total. The maximum absolute atomic E-state index is 13.3. The molecular formula is C21H28ClN5O2S. The molecule has 0 saturated carbocycles. The summed E-state index contributed by atoms with van der Waals surface area (Å²) in [4.78, 5) is 22.2. The Morgan fingerprint density at radius 1 is 1.23 bits per heavy atom. The fourth-order valence-corrected chi connectivity index (χ4v) is 4.49. The Morgan fingerprint density at radius 2 is 1.97 bits per heavy atom. The number of aromatic nitrogens is 3. The minimum absolute atomic E-state index is 0. The van der Waals surface area contributed by atoms with Crippen molar-refractivity contribution in [1.29, 1.82) is 0 Å². The van der Waals surface area contributed by atoms with E-state index in [2.05, 4.69) is 36.0 Å². The van der Waals surface area contributed by atoms with Gasteiger partial charge in [0.15, 0.2) is 10.8 Å². The molecule has 1 amide bonds. The lowest BCUT2D eigenvalue weighted by atomic mass is 10.1. The highest BCUT2D eigenvalue weighted by Crippen LogP contribution is 2.31. The van der Waals surface area contributed by atoms with Crippen LogP contribution in [0.15, 0.2) is 24.4 Å². The van der Waals surface area contributed by atoms with Crippen LogP contribution < -0.4 is 4.90 Å². The number of hydrogen-bond donors (Lipinski definition) is 0. The van der Waals surface area contributed by atoms with Gasteiger partial charge in [0, 0.05) is 38.9 Å². The van der Waals surface area contributed by atoms with Gasteiger partial charge in [0.05, 0.1) is 23.4 Å². The SMILES string of the molecule is CCn1ccc(C(=O)N(CCN2CCOCC2)c2nc3cc(C)c(C)cc3s2)n1.Cl. The lowest BCUT2D eigenvalue weighted by Gasteiger charge is -2.29. The van der Waals surface area contributed by atoms with Crippen molar-refractivity contribution in [2.24, 2.45) is 0 Å². The number of rotatable bonds is 6. The molecule has 0 N–H and O–H groups in total. The molecule has 0 atom stereocenters. The van der Waals surface area contributed by atoms with Gasteiger partial charge in [-0.15, -0.1) is 12.4 Å². The van der Waals surface area contributed by atoms with Crippen molar-refractivity contribution in [3.8, 4) is 0 Å². The van der Waals surface area contributed by atoms with Crippen LogP contribution in [0.4, 0.5) is 5.13 Å². The number of ether oxygens (including phenoxy) is 1. The second kappa shape index (κ2) is 9.87. The van der Waals surface area contributed by atoms with Gasteiger partial charge in [0.1, 0.15) is 0 Å². The molecule has 0 radical (unpaired) electrons. The minimum Gasteiger partial charge on any atom is -0.379 e.